The third kappa shape index (κ3) is 2.97. The van der Waals surface area contributed by atoms with Crippen molar-refractivity contribution in [2.45, 2.75) is 13.3 Å². The Morgan fingerprint density at radius 1 is 1.19 bits per heavy atom. The average Bonchev–Trinajstić information content (AvgIpc) is 2.52. The largest absolute Gasteiger partial charge is 0.482 e. The van der Waals surface area contributed by atoms with E-state index >= 15 is 0 Å². The van der Waals surface area contributed by atoms with Gasteiger partial charge in [-0.3, -0.25) is 4.79 Å². The molecule has 1 amide bonds. The van der Waals surface area contributed by atoms with Crippen LogP contribution in [0.1, 0.15) is 23.6 Å². The second kappa shape index (κ2) is 5.83. The number of nitrogens with one attached hydrogen (secondary N) is 1. The van der Waals surface area contributed by atoms with Crippen LogP contribution in [0.2, 0.25) is 0 Å². The van der Waals surface area contributed by atoms with Crippen LogP contribution in [0.15, 0.2) is 42.5 Å². The molecule has 0 saturated carbocycles. The summed E-state index contributed by atoms with van der Waals surface area (Å²) in [6.45, 7) is 2.24. The van der Waals surface area contributed by atoms with Crippen LogP contribution in [-0.4, -0.2) is 12.5 Å². The van der Waals surface area contributed by atoms with E-state index in [1.807, 2.05) is 24.3 Å². The fourth-order valence-corrected chi connectivity index (χ4v) is 2.41. The number of aryl methyl sites for hydroxylation is 1. The number of anilines is 1. The first-order valence-electron chi connectivity index (χ1n) is 7.09. The van der Waals surface area contributed by atoms with Crippen LogP contribution in [0.3, 0.4) is 0 Å². The third-order valence-electron chi connectivity index (χ3n) is 3.53. The lowest BCUT2D eigenvalue weighted by Crippen LogP contribution is -2.25. The minimum atomic E-state index is -0.111. The monoisotopic (exact) mass is 279 g/mol. The maximum Gasteiger partial charge on any atom is 0.262 e. The Hall–Kier alpha value is -2.55. The van der Waals surface area contributed by atoms with Gasteiger partial charge in [0.15, 0.2) is 6.61 Å². The molecule has 0 atom stereocenters. The maximum absolute atomic E-state index is 11.3. The first-order chi connectivity index (χ1) is 10.3. The molecule has 0 saturated heterocycles. The highest BCUT2D eigenvalue weighted by Gasteiger charge is 2.15. The van der Waals surface area contributed by atoms with Gasteiger partial charge in [-0.05, 0) is 35.2 Å². The van der Waals surface area contributed by atoms with Gasteiger partial charge < -0.3 is 10.1 Å². The molecule has 0 fully saturated rings. The van der Waals surface area contributed by atoms with E-state index in [0.29, 0.717) is 0 Å². The van der Waals surface area contributed by atoms with E-state index in [2.05, 4.69) is 42.6 Å². The van der Waals surface area contributed by atoms with Crippen molar-refractivity contribution in [3.05, 3.63) is 59.2 Å². The first kappa shape index (κ1) is 13.4. The second-order valence-electron chi connectivity index (χ2n) is 4.98. The number of hydrogen-bond acceptors (Lipinski definition) is 2. The molecule has 0 spiro atoms. The van der Waals surface area contributed by atoms with E-state index in [4.69, 9.17) is 4.74 Å². The molecule has 21 heavy (non-hydrogen) atoms. The van der Waals surface area contributed by atoms with Crippen molar-refractivity contribution in [2.24, 2.45) is 0 Å². The molecule has 0 aliphatic carbocycles. The number of amides is 1. The van der Waals surface area contributed by atoms with Crippen molar-refractivity contribution in [1.82, 2.24) is 0 Å². The van der Waals surface area contributed by atoms with Crippen molar-refractivity contribution in [3.63, 3.8) is 0 Å². The van der Waals surface area contributed by atoms with Crippen LogP contribution in [0.5, 0.6) is 5.75 Å². The minimum Gasteiger partial charge on any atom is -0.482 e. The average molecular weight is 279 g/mol. The van der Waals surface area contributed by atoms with Crippen LogP contribution in [0.4, 0.5) is 5.69 Å². The van der Waals surface area contributed by atoms with E-state index in [1.54, 1.807) is 0 Å². The normalized spacial score (nSPS) is 13.7. The van der Waals surface area contributed by atoms with Gasteiger partial charge in [0, 0.05) is 0 Å². The number of ether oxygens (including phenoxy) is 1. The molecule has 1 aliphatic rings. The van der Waals surface area contributed by atoms with Crippen LogP contribution in [-0.2, 0) is 11.2 Å². The fraction of sp³-hybridized carbons (Fsp3) is 0.167. The molecule has 1 N–H and O–H groups in total. The van der Waals surface area contributed by atoms with Gasteiger partial charge in [0.2, 0.25) is 0 Å². The molecule has 3 rings (SSSR count). The minimum absolute atomic E-state index is 0.0893. The van der Waals surface area contributed by atoms with Gasteiger partial charge in [0.1, 0.15) is 5.75 Å². The zero-order chi connectivity index (χ0) is 14.7. The molecular weight excluding hydrogens is 262 g/mol. The molecule has 1 heterocycles. The summed E-state index contributed by atoms with van der Waals surface area (Å²) in [6.07, 6.45) is 5.16. The highest BCUT2D eigenvalue weighted by Crippen LogP contribution is 2.29. The third-order valence-corrected chi connectivity index (χ3v) is 3.53. The standard InChI is InChI=1S/C18H17NO2/c1-2-14-5-3-4-6-15(14)9-7-13-8-10-17-16(11-13)19-18(20)12-21-17/h3-11H,2,12H2,1H3,(H,19,20)/b9-7+. The first-order valence-corrected chi connectivity index (χ1v) is 7.09. The van der Waals surface area contributed by atoms with Crippen LogP contribution in [0, 0.1) is 0 Å². The molecule has 3 heteroatoms. The van der Waals surface area contributed by atoms with Crippen molar-refractivity contribution in [2.75, 3.05) is 11.9 Å². The Morgan fingerprint density at radius 3 is 2.90 bits per heavy atom. The summed E-state index contributed by atoms with van der Waals surface area (Å²) < 4.78 is 5.35. The van der Waals surface area contributed by atoms with E-state index in [0.717, 1.165) is 23.4 Å². The van der Waals surface area contributed by atoms with Crippen molar-refractivity contribution >= 4 is 23.7 Å². The number of carbonyl (C=O) groups is 1. The zero-order valence-electron chi connectivity index (χ0n) is 11.9. The van der Waals surface area contributed by atoms with Crippen LogP contribution < -0.4 is 10.1 Å². The molecule has 0 aromatic heterocycles. The van der Waals surface area contributed by atoms with Gasteiger partial charge >= 0.3 is 0 Å². The highest BCUT2D eigenvalue weighted by molar-refractivity contribution is 5.95. The number of hydrogen-bond donors (Lipinski definition) is 1. The second-order valence-corrected chi connectivity index (χ2v) is 4.98. The van der Waals surface area contributed by atoms with E-state index in [-0.39, 0.29) is 12.5 Å². The zero-order valence-corrected chi connectivity index (χ0v) is 11.9. The van der Waals surface area contributed by atoms with Gasteiger partial charge in [0.05, 0.1) is 5.69 Å². The molecule has 0 bridgehead atoms. The SMILES string of the molecule is CCc1ccccc1/C=C/c1ccc2c(c1)NC(=O)CO2. The van der Waals surface area contributed by atoms with Crippen molar-refractivity contribution in [1.29, 1.82) is 0 Å². The predicted octanol–water partition coefficient (Wildman–Crippen LogP) is 3.75. The molecule has 2 aromatic carbocycles. The van der Waals surface area contributed by atoms with Crippen molar-refractivity contribution in [3.8, 4) is 5.75 Å². The Balaban J connectivity index is 1.86. The molecule has 0 radical (unpaired) electrons. The molecule has 1 aliphatic heterocycles. The Labute approximate surface area is 124 Å². The summed E-state index contributed by atoms with van der Waals surface area (Å²) in [5, 5.41) is 2.82. The predicted molar refractivity (Wildman–Crippen MR) is 85.3 cm³/mol. The van der Waals surface area contributed by atoms with Gasteiger partial charge in [-0.15, -0.1) is 0 Å². The Kier molecular flexibility index (Phi) is 3.73. The van der Waals surface area contributed by atoms with E-state index < -0.39 is 0 Å². The molecule has 2 aromatic rings. The quantitative estimate of drug-likeness (QED) is 0.869. The van der Waals surface area contributed by atoms with Crippen LogP contribution in [0.25, 0.3) is 12.2 Å². The van der Waals surface area contributed by atoms with Crippen LogP contribution >= 0.6 is 0 Å². The van der Waals surface area contributed by atoms with Gasteiger partial charge in [-0.2, -0.15) is 0 Å². The number of rotatable bonds is 3. The molecule has 3 nitrogen and oxygen atoms in total. The number of benzene rings is 2. The summed E-state index contributed by atoms with van der Waals surface area (Å²) in [5.74, 6) is 0.612. The van der Waals surface area contributed by atoms with Gasteiger partial charge in [-0.1, -0.05) is 49.4 Å². The summed E-state index contributed by atoms with van der Waals surface area (Å²) >= 11 is 0. The Bertz CT molecular complexity index is 704. The fourth-order valence-electron chi connectivity index (χ4n) is 2.41. The highest BCUT2D eigenvalue weighted by atomic mass is 16.5. The summed E-state index contributed by atoms with van der Waals surface area (Å²) in [7, 11) is 0. The van der Waals surface area contributed by atoms with Crippen molar-refractivity contribution < 1.29 is 9.53 Å². The van der Waals surface area contributed by atoms with Gasteiger partial charge in [-0.25, -0.2) is 0 Å². The lowest BCUT2D eigenvalue weighted by Gasteiger charge is -2.17. The van der Waals surface area contributed by atoms with Gasteiger partial charge in [0.25, 0.3) is 5.91 Å². The topological polar surface area (TPSA) is 38.3 Å². The maximum atomic E-state index is 11.3. The lowest BCUT2D eigenvalue weighted by molar-refractivity contribution is -0.118. The number of carbonyl (C=O) groups excluding carboxylic acids is 1. The molecule has 0 unspecified atom stereocenters. The smallest absolute Gasteiger partial charge is 0.262 e. The Morgan fingerprint density at radius 2 is 2.05 bits per heavy atom. The molecular formula is C18H17NO2. The lowest BCUT2D eigenvalue weighted by atomic mass is 10.0. The molecule has 106 valence electrons. The summed E-state index contributed by atoms with van der Waals surface area (Å²) in [4.78, 5) is 11.3. The number of fused-ring (bicyclic) bond motifs is 1. The van der Waals surface area contributed by atoms with E-state index in [1.165, 1.54) is 11.1 Å². The summed E-state index contributed by atoms with van der Waals surface area (Å²) in [6, 6.07) is 14.2. The summed E-state index contributed by atoms with van der Waals surface area (Å²) in [5.41, 5.74) is 4.31. The van der Waals surface area contributed by atoms with E-state index in [9.17, 15) is 4.79 Å².